The molecule has 3 rings (SSSR count). The summed E-state index contributed by atoms with van der Waals surface area (Å²) in [5.41, 5.74) is 6.44. The van der Waals surface area contributed by atoms with Gasteiger partial charge in [0, 0.05) is 24.7 Å². The van der Waals surface area contributed by atoms with E-state index in [0.29, 0.717) is 17.1 Å². The lowest BCUT2D eigenvalue weighted by Crippen LogP contribution is -2.29. The molecule has 104 valence electrons. The molecule has 0 aliphatic carbocycles. The van der Waals surface area contributed by atoms with E-state index >= 15 is 0 Å². The SMILES string of the molecule is NC(=O)C1CC(=O)N(c2ccc3c(c2)OCC(=O)N3)C1. The summed E-state index contributed by atoms with van der Waals surface area (Å²) in [5, 5.41) is 2.67. The molecule has 20 heavy (non-hydrogen) atoms. The summed E-state index contributed by atoms with van der Waals surface area (Å²) in [6.45, 7) is 0.230. The van der Waals surface area contributed by atoms with E-state index in [0.717, 1.165) is 0 Å². The van der Waals surface area contributed by atoms with Crippen LogP contribution in [0.5, 0.6) is 5.75 Å². The van der Waals surface area contributed by atoms with Gasteiger partial charge in [0.1, 0.15) is 5.75 Å². The van der Waals surface area contributed by atoms with Gasteiger partial charge in [-0.1, -0.05) is 0 Å². The average Bonchev–Trinajstić information content (AvgIpc) is 2.80. The van der Waals surface area contributed by atoms with Crippen molar-refractivity contribution < 1.29 is 19.1 Å². The van der Waals surface area contributed by atoms with E-state index in [-0.39, 0.29) is 31.4 Å². The summed E-state index contributed by atoms with van der Waals surface area (Å²) in [5.74, 6) is -0.774. The predicted molar refractivity (Wildman–Crippen MR) is 70.2 cm³/mol. The lowest BCUT2D eigenvalue weighted by molar-refractivity contribution is -0.123. The van der Waals surface area contributed by atoms with Gasteiger partial charge in [-0.25, -0.2) is 0 Å². The number of carbonyl (C=O) groups is 3. The largest absolute Gasteiger partial charge is 0.482 e. The summed E-state index contributed by atoms with van der Waals surface area (Å²) >= 11 is 0. The molecular weight excluding hydrogens is 262 g/mol. The zero-order valence-electron chi connectivity index (χ0n) is 10.6. The number of benzene rings is 1. The van der Waals surface area contributed by atoms with Gasteiger partial charge in [-0.05, 0) is 12.1 Å². The highest BCUT2D eigenvalue weighted by Crippen LogP contribution is 2.34. The number of amides is 3. The van der Waals surface area contributed by atoms with Gasteiger partial charge < -0.3 is 20.7 Å². The average molecular weight is 275 g/mol. The minimum absolute atomic E-state index is 0.0473. The predicted octanol–water partition coefficient (Wildman–Crippen LogP) is -0.144. The summed E-state index contributed by atoms with van der Waals surface area (Å²) in [7, 11) is 0. The number of ether oxygens (including phenoxy) is 1. The fraction of sp³-hybridized carbons (Fsp3) is 0.308. The Balaban J connectivity index is 1.86. The van der Waals surface area contributed by atoms with E-state index in [1.54, 1.807) is 18.2 Å². The highest BCUT2D eigenvalue weighted by atomic mass is 16.5. The first-order valence-corrected chi connectivity index (χ1v) is 6.21. The summed E-state index contributed by atoms with van der Waals surface area (Å²) in [4.78, 5) is 35.8. The van der Waals surface area contributed by atoms with Gasteiger partial charge in [-0.3, -0.25) is 14.4 Å². The fourth-order valence-corrected chi connectivity index (χ4v) is 2.38. The van der Waals surface area contributed by atoms with E-state index in [4.69, 9.17) is 10.5 Å². The molecule has 0 aromatic heterocycles. The minimum atomic E-state index is -0.470. The molecule has 2 aliphatic heterocycles. The monoisotopic (exact) mass is 275 g/mol. The molecule has 3 amide bonds. The highest BCUT2D eigenvalue weighted by molar-refractivity contribution is 6.01. The fourth-order valence-electron chi connectivity index (χ4n) is 2.38. The Morgan fingerprint density at radius 2 is 2.20 bits per heavy atom. The zero-order valence-corrected chi connectivity index (χ0v) is 10.6. The number of rotatable bonds is 2. The van der Waals surface area contributed by atoms with Crippen LogP contribution in [0.25, 0.3) is 0 Å². The number of fused-ring (bicyclic) bond motifs is 1. The van der Waals surface area contributed by atoms with Gasteiger partial charge in [0.25, 0.3) is 5.91 Å². The van der Waals surface area contributed by atoms with Gasteiger partial charge in [-0.15, -0.1) is 0 Å². The van der Waals surface area contributed by atoms with Crippen molar-refractivity contribution >= 4 is 29.1 Å². The number of hydrogen-bond acceptors (Lipinski definition) is 4. The number of nitrogens with one attached hydrogen (secondary N) is 1. The van der Waals surface area contributed by atoms with Crippen LogP contribution in [-0.2, 0) is 14.4 Å². The second-order valence-electron chi connectivity index (χ2n) is 4.83. The number of primary amides is 1. The smallest absolute Gasteiger partial charge is 0.262 e. The Hall–Kier alpha value is -2.57. The molecule has 1 aromatic rings. The Labute approximate surface area is 114 Å². The van der Waals surface area contributed by atoms with Crippen LogP contribution in [0, 0.1) is 5.92 Å². The van der Waals surface area contributed by atoms with E-state index in [1.165, 1.54) is 4.90 Å². The van der Waals surface area contributed by atoms with Crippen LogP contribution in [0.3, 0.4) is 0 Å². The van der Waals surface area contributed by atoms with Gasteiger partial charge in [0.15, 0.2) is 6.61 Å². The Kier molecular flexibility index (Phi) is 2.81. The number of anilines is 2. The number of nitrogens with two attached hydrogens (primary N) is 1. The van der Waals surface area contributed by atoms with Crippen LogP contribution in [0.15, 0.2) is 18.2 Å². The molecule has 0 spiro atoms. The van der Waals surface area contributed by atoms with Crippen LogP contribution >= 0.6 is 0 Å². The lowest BCUT2D eigenvalue weighted by atomic mass is 10.1. The molecule has 0 radical (unpaired) electrons. The van der Waals surface area contributed by atoms with Crippen molar-refractivity contribution in [1.29, 1.82) is 0 Å². The molecule has 1 fully saturated rings. The van der Waals surface area contributed by atoms with Crippen molar-refractivity contribution in [3.63, 3.8) is 0 Å². The van der Waals surface area contributed by atoms with E-state index in [9.17, 15) is 14.4 Å². The summed E-state index contributed by atoms with van der Waals surface area (Å²) in [6.07, 6.45) is 0.129. The molecule has 3 N–H and O–H groups in total. The molecule has 2 aliphatic rings. The van der Waals surface area contributed by atoms with Crippen LogP contribution in [0.1, 0.15) is 6.42 Å². The first kappa shape index (κ1) is 12.5. The Morgan fingerprint density at radius 3 is 2.90 bits per heavy atom. The molecule has 7 nitrogen and oxygen atoms in total. The number of carbonyl (C=O) groups excluding carboxylic acids is 3. The molecule has 1 aromatic carbocycles. The topological polar surface area (TPSA) is 102 Å². The molecule has 1 saturated heterocycles. The highest BCUT2D eigenvalue weighted by Gasteiger charge is 2.34. The molecule has 2 heterocycles. The van der Waals surface area contributed by atoms with E-state index in [2.05, 4.69) is 5.32 Å². The zero-order chi connectivity index (χ0) is 14.3. The first-order chi connectivity index (χ1) is 9.54. The molecule has 1 atom stereocenters. The Morgan fingerprint density at radius 1 is 1.40 bits per heavy atom. The molecule has 0 bridgehead atoms. The van der Waals surface area contributed by atoms with Crippen LogP contribution in [-0.4, -0.2) is 30.9 Å². The van der Waals surface area contributed by atoms with Gasteiger partial charge in [0.2, 0.25) is 11.8 Å². The number of hydrogen-bond donors (Lipinski definition) is 2. The molecule has 0 saturated carbocycles. The molecule has 7 heteroatoms. The lowest BCUT2D eigenvalue weighted by Gasteiger charge is -2.22. The van der Waals surface area contributed by atoms with Crippen LogP contribution in [0.2, 0.25) is 0 Å². The first-order valence-electron chi connectivity index (χ1n) is 6.21. The second-order valence-corrected chi connectivity index (χ2v) is 4.83. The minimum Gasteiger partial charge on any atom is -0.482 e. The second kappa shape index (κ2) is 4.52. The van der Waals surface area contributed by atoms with Crippen molar-refractivity contribution in [1.82, 2.24) is 0 Å². The Bertz CT molecular complexity index is 614. The van der Waals surface area contributed by atoms with Gasteiger partial charge in [0.05, 0.1) is 11.6 Å². The van der Waals surface area contributed by atoms with Crippen LogP contribution in [0.4, 0.5) is 11.4 Å². The molecular formula is C13H13N3O4. The van der Waals surface area contributed by atoms with Gasteiger partial charge >= 0.3 is 0 Å². The summed E-state index contributed by atoms with van der Waals surface area (Å²) in [6, 6.07) is 5.05. The standard InChI is InChI=1S/C13H13N3O4/c14-13(19)7-3-12(18)16(5-7)8-1-2-9-10(4-8)20-6-11(17)15-9/h1-2,4,7H,3,5-6H2,(H2,14,19)(H,15,17). The maximum atomic E-state index is 11.9. The summed E-state index contributed by atoms with van der Waals surface area (Å²) < 4.78 is 5.30. The van der Waals surface area contributed by atoms with E-state index in [1.807, 2.05) is 0 Å². The van der Waals surface area contributed by atoms with Crippen molar-refractivity contribution in [2.24, 2.45) is 11.7 Å². The maximum Gasteiger partial charge on any atom is 0.262 e. The van der Waals surface area contributed by atoms with Crippen LogP contribution < -0.4 is 20.7 Å². The van der Waals surface area contributed by atoms with Crippen molar-refractivity contribution in [2.45, 2.75) is 6.42 Å². The van der Waals surface area contributed by atoms with Crippen molar-refractivity contribution in [3.05, 3.63) is 18.2 Å². The van der Waals surface area contributed by atoms with Gasteiger partial charge in [-0.2, -0.15) is 0 Å². The third-order valence-corrected chi connectivity index (χ3v) is 3.44. The third kappa shape index (κ3) is 2.07. The van der Waals surface area contributed by atoms with E-state index < -0.39 is 11.8 Å². The molecule has 1 unspecified atom stereocenters. The third-order valence-electron chi connectivity index (χ3n) is 3.44. The normalized spacial score (nSPS) is 21.2. The quantitative estimate of drug-likeness (QED) is 0.784. The maximum absolute atomic E-state index is 11.9. The number of nitrogens with zero attached hydrogens (tertiary/aromatic N) is 1. The van der Waals surface area contributed by atoms with Crippen molar-refractivity contribution in [3.8, 4) is 5.75 Å². The van der Waals surface area contributed by atoms with Crippen molar-refractivity contribution in [2.75, 3.05) is 23.4 Å².